The molecule has 0 bridgehead atoms. The SMILES string of the molecule is Cc1ccc(N(C)C(=O)CCl)cc1Cl. The van der Waals surface area contributed by atoms with E-state index in [0.717, 1.165) is 11.3 Å². The van der Waals surface area contributed by atoms with Gasteiger partial charge in [0.05, 0.1) is 0 Å². The number of hydrogen-bond donors (Lipinski definition) is 0. The molecule has 0 atom stereocenters. The summed E-state index contributed by atoms with van der Waals surface area (Å²) < 4.78 is 0. The van der Waals surface area contributed by atoms with Gasteiger partial charge >= 0.3 is 0 Å². The molecule has 14 heavy (non-hydrogen) atoms. The molecule has 1 aromatic carbocycles. The second kappa shape index (κ2) is 4.67. The number of alkyl halides is 1. The molecule has 0 saturated heterocycles. The van der Waals surface area contributed by atoms with E-state index in [9.17, 15) is 4.79 Å². The van der Waals surface area contributed by atoms with Crippen molar-refractivity contribution < 1.29 is 4.79 Å². The molecule has 0 aliphatic rings. The lowest BCUT2D eigenvalue weighted by Crippen LogP contribution is -2.27. The lowest BCUT2D eigenvalue weighted by molar-refractivity contribution is -0.116. The van der Waals surface area contributed by atoms with Crippen LogP contribution in [0.15, 0.2) is 18.2 Å². The van der Waals surface area contributed by atoms with Gasteiger partial charge in [0, 0.05) is 17.8 Å². The van der Waals surface area contributed by atoms with Gasteiger partial charge in [-0.2, -0.15) is 0 Å². The number of carbonyl (C=O) groups is 1. The van der Waals surface area contributed by atoms with E-state index in [2.05, 4.69) is 0 Å². The summed E-state index contributed by atoms with van der Waals surface area (Å²) >= 11 is 11.4. The van der Waals surface area contributed by atoms with E-state index in [0.29, 0.717) is 5.02 Å². The van der Waals surface area contributed by atoms with Crippen molar-refractivity contribution in [2.24, 2.45) is 0 Å². The molecule has 0 aliphatic heterocycles. The molecule has 0 N–H and O–H groups in total. The van der Waals surface area contributed by atoms with Crippen LogP contribution in [0.3, 0.4) is 0 Å². The first kappa shape index (κ1) is 11.3. The van der Waals surface area contributed by atoms with Crippen LogP contribution >= 0.6 is 23.2 Å². The average Bonchev–Trinajstić information content (AvgIpc) is 2.20. The van der Waals surface area contributed by atoms with Crippen molar-refractivity contribution in [3.8, 4) is 0 Å². The number of amides is 1. The Bertz CT molecular complexity index is 352. The van der Waals surface area contributed by atoms with Crippen molar-refractivity contribution >= 4 is 34.8 Å². The lowest BCUT2D eigenvalue weighted by Gasteiger charge is -2.16. The van der Waals surface area contributed by atoms with Gasteiger partial charge in [0.2, 0.25) is 5.91 Å². The maximum atomic E-state index is 11.3. The first-order valence-electron chi connectivity index (χ1n) is 4.15. The summed E-state index contributed by atoms with van der Waals surface area (Å²) in [7, 11) is 1.67. The van der Waals surface area contributed by atoms with E-state index >= 15 is 0 Å². The van der Waals surface area contributed by atoms with Gasteiger partial charge < -0.3 is 4.90 Å². The standard InChI is InChI=1S/C10H11Cl2NO/c1-7-3-4-8(5-9(7)12)13(2)10(14)6-11/h3-5H,6H2,1-2H3. The summed E-state index contributed by atoms with van der Waals surface area (Å²) in [5.74, 6) is -0.172. The molecule has 1 amide bonds. The van der Waals surface area contributed by atoms with Crippen LogP contribution in [0, 0.1) is 6.92 Å². The maximum Gasteiger partial charge on any atom is 0.241 e. The molecule has 2 nitrogen and oxygen atoms in total. The highest BCUT2D eigenvalue weighted by molar-refractivity contribution is 6.32. The number of halogens is 2. The molecule has 0 spiro atoms. The number of anilines is 1. The van der Waals surface area contributed by atoms with E-state index in [4.69, 9.17) is 23.2 Å². The van der Waals surface area contributed by atoms with Gasteiger partial charge in [-0.05, 0) is 24.6 Å². The zero-order chi connectivity index (χ0) is 10.7. The van der Waals surface area contributed by atoms with Gasteiger partial charge in [-0.15, -0.1) is 11.6 Å². The predicted octanol–water partition coefficient (Wildman–Crippen LogP) is 2.85. The zero-order valence-corrected chi connectivity index (χ0v) is 9.56. The van der Waals surface area contributed by atoms with Gasteiger partial charge in [0.15, 0.2) is 0 Å². The minimum Gasteiger partial charge on any atom is -0.314 e. The number of rotatable bonds is 2. The highest BCUT2D eigenvalue weighted by atomic mass is 35.5. The quantitative estimate of drug-likeness (QED) is 0.718. The van der Waals surface area contributed by atoms with Crippen molar-refractivity contribution in [1.29, 1.82) is 0 Å². The average molecular weight is 232 g/mol. The van der Waals surface area contributed by atoms with Gasteiger partial charge in [0.25, 0.3) is 0 Å². The van der Waals surface area contributed by atoms with Crippen LogP contribution in [0.25, 0.3) is 0 Å². The summed E-state index contributed by atoms with van der Waals surface area (Å²) in [4.78, 5) is 12.7. The maximum absolute atomic E-state index is 11.3. The number of aryl methyl sites for hydroxylation is 1. The number of benzene rings is 1. The molecule has 1 aromatic rings. The molecule has 0 aliphatic carbocycles. The molecule has 1 rings (SSSR count). The topological polar surface area (TPSA) is 20.3 Å². The molecule has 4 heteroatoms. The molecule has 0 radical (unpaired) electrons. The Labute approximate surface area is 93.4 Å². The Morgan fingerprint density at radius 1 is 1.50 bits per heavy atom. The Morgan fingerprint density at radius 2 is 2.14 bits per heavy atom. The summed E-state index contributed by atoms with van der Waals surface area (Å²) in [6, 6.07) is 5.46. The molecule has 0 saturated carbocycles. The van der Waals surface area contributed by atoms with Gasteiger partial charge in [-0.1, -0.05) is 17.7 Å². The number of nitrogens with zero attached hydrogens (tertiary/aromatic N) is 1. The molecule has 76 valence electrons. The Hall–Kier alpha value is -0.730. The van der Waals surface area contributed by atoms with Crippen molar-refractivity contribution in [2.75, 3.05) is 17.8 Å². The van der Waals surface area contributed by atoms with E-state index < -0.39 is 0 Å². The predicted molar refractivity (Wildman–Crippen MR) is 60.3 cm³/mol. The van der Waals surface area contributed by atoms with Crippen LogP contribution in [0.2, 0.25) is 5.02 Å². The van der Waals surface area contributed by atoms with Crippen LogP contribution in [-0.4, -0.2) is 18.8 Å². The molecule has 0 unspecified atom stereocenters. The zero-order valence-electron chi connectivity index (χ0n) is 8.05. The Kier molecular flexibility index (Phi) is 3.78. The molecule has 0 heterocycles. The van der Waals surface area contributed by atoms with E-state index in [1.807, 2.05) is 19.1 Å². The van der Waals surface area contributed by atoms with Crippen molar-refractivity contribution in [3.63, 3.8) is 0 Å². The van der Waals surface area contributed by atoms with Crippen molar-refractivity contribution in [3.05, 3.63) is 28.8 Å². The third kappa shape index (κ3) is 2.40. The van der Waals surface area contributed by atoms with Crippen LogP contribution in [0.5, 0.6) is 0 Å². The van der Waals surface area contributed by atoms with Gasteiger partial charge in [-0.25, -0.2) is 0 Å². The first-order chi connectivity index (χ1) is 6.56. The second-order valence-electron chi connectivity index (χ2n) is 3.02. The van der Waals surface area contributed by atoms with Crippen LogP contribution in [0.4, 0.5) is 5.69 Å². The Balaban J connectivity index is 2.96. The fourth-order valence-electron chi connectivity index (χ4n) is 1.02. The summed E-state index contributed by atoms with van der Waals surface area (Å²) in [6.45, 7) is 1.91. The smallest absolute Gasteiger partial charge is 0.241 e. The molecule has 0 aromatic heterocycles. The monoisotopic (exact) mass is 231 g/mol. The molecular formula is C10H11Cl2NO. The van der Waals surface area contributed by atoms with E-state index in [-0.39, 0.29) is 11.8 Å². The second-order valence-corrected chi connectivity index (χ2v) is 3.69. The Morgan fingerprint density at radius 3 is 2.64 bits per heavy atom. The lowest BCUT2D eigenvalue weighted by atomic mass is 10.2. The van der Waals surface area contributed by atoms with Crippen molar-refractivity contribution in [1.82, 2.24) is 0 Å². The highest BCUT2D eigenvalue weighted by Crippen LogP contribution is 2.22. The third-order valence-corrected chi connectivity index (χ3v) is 2.67. The minimum atomic E-state index is -0.147. The van der Waals surface area contributed by atoms with Gasteiger partial charge in [-0.3, -0.25) is 4.79 Å². The fourth-order valence-corrected chi connectivity index (χ4v) is 1.38. The van der Waals surface area contributed by atoms with Crippen LogP contribution in [-0.2, 0) is 4.79 Å². The largest absolute Gasteiger partial charge is 0.314 e. The van der Waals surface area contributed by atoms with Crippen molar-refractivity contribution in [2.45, 2.75) is 6.92 Å². The van der Waals surface area contributed by atoms with Gasteiger partial charge in [0.1, 0.15) is 5.88 Å². The van der Waals surface area contributed by atoms with Crippen LogP contribution in [0.1, 0.15) is 5.56 Å². The number of carbonyl (C=O) groups excluding carboxylic acids is 1. The first-order valence-corrected chi connectivity index (χ1v) is 5.06. The summed E-state index contributed by atoms with van der Waals surface area (Å²) in [5.41, 5.74) is 1.74. The third-order valence-electron chi connectivity index (χ3n) is 2.03. The highest BCUT2D eigenvalue weighted by Gasteiger charge is 2.09. The minimum absolute atomic E-state index is 0.0258. The molecular weight excluding hydrogens is 221 g/mol. The molecule has 0 fully saturated rings. The normalized spacial score (nSPS) is 10.0. The van der Waals surface area contributed by atoms with Crippen LogP contribution < -0.4 is 4.90 Å². The van der Waals surface area contributed by atoms with E-state index in [1.165, 1.54) is 4.90 Å². The summed E-state index contributed by atoms with van der Waals surface area (Å²) in [6.07, 6.45) is 0. The van der Waals surface area contributed by atoms with E-state index in [1.54, 1.807) is 13.1 Å². The fraction of sp³-hybridized carbons (Fsp3) is 0.300. The summed E-state index contributed by atoms with van der Waals surface area (Å²) in [5, 5.41) is 0.650. The number of hydrogen-bond acceptors (Lipinski definition) is 1.